The standard InChI is InChI=1S/C13H19NOS/c1-14-13(11-7-8-15-9-11)10-16-12-5-3-2-4-6-12/h2-6,11,13-14H,7-10H2,1H3. The molecule has 0 bridgehead atoms. The van der Waals surface area contributed by atoms with Crippen molar-refractivity contribution in [1.82, 2.24) is 5.32 Å². The van der Waals surface area contributed by atoms with Crippen molar-refractivity contribution < 1.29 is 4.74 Å². The van der Waals surface area contributed by atoms with Gasteiger partial charge in [0, 0.05) is 29.2 Å². The lowest BCUT2D eigenvalue weighted by molar-refractivity contribution is 0.180. The van der Waals surface area contributed by atoms with Crippen molar-refractivity contribution in [2.24, 2.45) is 5.92 Å². The molecular weight excluding hydrogens is 218 g/mol. The quantitative estimate of drug-likeness (QED) is 0.795. The van der Waals surface area contributed by atoms with Gasteiger partial charge in [0.05, 0.1) is 6.61 Å². The summed E-state index contributed by atoms with van der Waals surface area (Å²) in [5.41, 5.74) is 0. The first-order chi connectivity index (χ1) is 7.90. The molecule has 1 aromatic rings. The van der Waals surface area contributed by atoms with Crippen LogP contribution in [0.4, 0.5) is 0 Å². The van der Waals surface area contributed by atoms with Crippen molar-refractivity contribution in [1.29, 1.82) is 0 Å². The molecule has 2 nitrogen and oxygen atoms in total. The molecular formula is C13H19NOS. The normalized spacial score (nSPS) is 22.2. The summed E-state index contributed by atoms with van der Waals surface area (Å²) in [5.74, 6) is 1.80. The van der Waals surface area contributed by atoms with Crippen molar-refractivity contribution in [3.05, 3.63) is 30.3 Å². The van der Waals surface area contributed by atoms with Crippen LogP contribution in [0.5, 0.6) is 0 Å². The Labute approximate surface area is 102 Å². The molecule has 0 aromatic heterocycles. The van der Waals surface area contributed by atoms with Gasteiger partial charge in [0.1, 0.15) is 0 Å². The van der Waals surface area contributed by atoms with E-state index in [9.17, 15) is 0 Å². The molecule has 1 saturated heterocycles. The highest BCUT2D eigenvalue weighted by molar-refractivity contribution is 7.99. The molecule has 1 heterocycles. The van der Waals surface area contributed by atoms with E-state index in [2.05, 4.69) is 42.7 Å². The lowest BCUT2D eigenvalue weighted by atomic mass is 10.0. The van der Waals surface area contributed by atoms with Gasteiger partial charge in [0.2, 0.25) is 0 Å². The van der Waals surface area contributed by atoms with E-state index < -0.39 is 0 Å². The molecule has 2 unspecified atom stereocenters. The van der Waals surface area contributed by atoms with Crippen LogP contribution < -0.4 is 5.32 Å². The van der Waals surface area contributed by atoms with Crippen molar-refractivity contribution in [2.75, 3.05) is 26.0 Å². The summed E-state index contributed by atoms with van der Waals surface area (Å²) in [6.07, 6.45) is 1.20. The van der Waals surface area contributed by atoms with E-state index in [1.54, 1.807) is 0 Å². The highest BCUT2D eigenvalue weighted by atomic mass is 32.2. The van der Waals surface area contributed by atoms with E-state index in [-0.39, 0.29) is 0 Å². The molecule has 0 radical (unpaired) electrons. The highest BCUT2D eigenvalue weighted by Gasteiger charge is 2.24. The maximum atomic E-state index is 5.44. The Hall–Kier alpha value is -0.510. The van der Waals surface area contributed by atoms with Gasteiger partial charge in [-0.25, -0.2) is 0 Å². The molecule has 1 N–H and O–H groups in total. The molecule has 1 aromatic carbocycles. The molecule has 1 fully saturated rings. The van der Waals surface area contributed by atoms with Gasteiger partial charge in [-0.2, -0.15) is 0 Å². The van der Waals surface area contributed by atoms with Gasteiger partial charge in [0.15, 0.2) is 0 Å². The maximum absolute atomic E-state index is 5.44. The monoisotopic (exact) mass is 237 g/mol. The van der Waals surface area contributed by atoms with E-state index in [0.717, 1.165) is 19.0 Å². The van der Waals surface area contributed by atoms with Crippen molar-refractivity contribution >= 4 is 11.8 Å². The summed E-state index contributed by atoms with van der Waals surface area (Å²) in [6, 6.07) is 11.1. The lowest BCUT2D eigenvalue weighted by Crippen LogP contribution is -2.36. The molecule has 1 aliphatic rings. The summed E-state index contributed by atoms with van der Waals surface area (Å²) in [4.78, 5) is 1.35. The molecule has 0 spiro atoms. The fourth-order valence-corrected chi connectivity index (χ4v) is 3.19. The van der Waals surface area contributed by atoms with Crippen LogP contribution in [-0.2, 0) is 4.74 Å². The van der Waals surface area contributed by atoms with Crippen molar-refractivity contribution in [2.45, 2.75) is 17.4 Å². The number of benzene rings is 1. The molecule has 2 rings (SSSR count). The SMILES string of the molecule is CNC(CSc1ccccc1)C1CCOC1. The van der Waals surface area contributed by atoms with Gasteiger partial charge in [-0.3, -0.25) is 0 Å². The van der Waals surface area contributed by atoms with Crippen LogP contribution in [0, 0.1) is 5.92 Å². The molecule has 16 heavy (non-hydrogen) atoms. The fourth-order valence-electron chi connectivity index (χ4n) is 2.03. The molecule has 0 aliphatic carbocycles. The summed E-state index contributed by atoms with van der Waals surface area (Å²) in [5, 5.41) is 3.41. The van der Waals surface area contributed by atoms with Crippen LogP contribution in [0.1, 0.15) is 6.42 Å². The second-order valence-electron chi connectivity index (χ2n) is 4.14. The van der Waals surface area contributed by atoms with Gasteiger partial charge < -0.3 is 10.1 Å². The van der Waals surface area contributed by atoms with Crippen LogP contribution in [0.3, 0.4) is 0 Å². The van der Waals surface area contributed by atoms with Crippen LogP contribution in [-0.4, -0.2) is 32.1 Å². The zero-order valence-electron chi connectivity index (χ0n) is 9.69. The molecule has 3 heteroatoms. The van der Waals surface area contributed by atoms with Crippen molar-refractivity contribution in [3.63, 3.8) is 0 Å². The largest absolute Gasteiger partial charge is 0.381 e. The average molecular weight is 237 g/mol. The second kappa shape index (κ2) is 6.28. The average Bonchev–Trinajstić information content (AvgIpc) is 2.85. The fraction of sp³-hybridized carbons (Fsp3) is 0.538. The third kappa shape index (κ3) is 3.24. The summed E-state index contributed by atoms with van der Waals surface area (Å²) < 4.78 is 5.44. The van der Waals surface area contributed by atoms with Crippen molar-refractivity contribution in [3.8, 4) is 0 Å². The summed E-state index contributed by atoms with van der Waals surface area (Å²) in [6.45, 7) is 1.85. The number of ether oxygens (including phenoxy) is 1. The maximum Gasteiger partial charge on any atom is 0.0510 e. The lowest BCUT2D eigenvalue weighted by Gasteiger charge is -2.21. The Morgan fingerprint density at radius 1 is 1.44 bits per heavy atom. The van der Waals surface area contributed by atoms with Gasteiger partial charge >= 0.3 is 0 Å². The van der Waals surface area contributed by atoms with Gasteiger partial charge in [0.25, 0.3) is 0 Å². The summed E-state index contributed by atoms with van der Waals surface area (Å²) in [7, 11) is 2.05. The topological polar surface area (TPSA) is 21.3 Å². The molecule has 1 aliphatic heterocycles. The Morgan fingerprint density at radius 3 is 2.88 bits per heavy atom. The van der Waals surface area contributed by atoms with Gasteiger partial charge in [-0.1, -0.05) is 18.2 Å². The van der Waals surface area contributed by atoms with Crippen LogP contribution >= 0.6 is 11.8 Å². The smallest absolute Gasteiger partial charge is 0.0510 e. The predicted molar refractivity (Wildman–Crippen MR) is 68.9 cm³/mol. The minimum absolute atomic E-state index is 0.563. The number of thioether (sulfide) groups is 1. The van der Waals surface area contributed by atoms with E-state index in [4.69, 9.17) is 4.74 Å². The third-order valence-corrected chi connectivity index (χ3v) is 4.21. The highest BCUT2D eigenvalue weighted by Crippen LogP contribution is 2.23. The van der Waals surface area contributed by atoms with Crippen LogP contribution in [0.2, 0.25) is 0 Å². The Morgan fingerprint density at radius 2 is 2.25 bits per heavy atom. The third-order valence-electron chi connectivity index (χ3n) is 3.08. The number of hydrogen-bond acceptors (Lipinski definition) is 3. The molecule has 2 atom stereocenters. The van der Waals surface area contributed by atoms with E-state index in [1.165, 1.54) is 11.3 Å². The second-order valence-corrected chi connectivity index (χ2v) is 5.24. The first-order valence-electron chi connectivity index (χ1n) is 5.83. The molecule has 88 valence electrons. The summed E-state index contributed by atoms with van der Waals surface area (Å²) >= 11 is 1.92. The zero-order chi connectivity index (χ0) is 11.2. The minimum Gasteiger partial charge on any atom is -0.381 e. The van der Waals surface area contributed by atoms with Gasteiger partial charge in [-0.15, -0.1) is 11.8 Å². The predicted octanol–water partition coefficient (Wildman–Crippen LogP) is 2.40. The number of nitrogens with one attached hydrogen (secondary N) is 1. The van der Waals surface area contributed by atoms with E-state index in [0.29, 0.717) is 12.0 Å². The minimum atomic E-state index is 0.563. The van der Waals surface area contributed by atoms with Gasteiger partial charge in [-0.05, 0) is 25.6 Å². The zero-order valence-corrected chi connectivity index (χ0v) is 10.5. The van der Waals surface area contributed by atoms with E-state index in [1.807, 2.05) is 11.8 Å². The number of hydrogen-bond donors (Lipinski definition) is 1. The van der Waals surface area contributed by atoms with Crippen LogP contribution in [0.15, 0.2) is 35.2 Å². The molecule has 0 saturated carbocycles. The first-order valence-corrected chi connectivity index (χ1v) is 6.81. The Balaban J connectivity index is 1.83. The Kier molecular flexibility index (Phi) is 4.69. The Bertz CT molecular complexity index is 298. The molecule has 0 amide bonds. The number of rotatable bonds is 5. The first kappa shape index (κ1) is 12.0. The van der Waals surface area contributed by atoms with Crippen LogP contribution in [0.25, 0.3) is 0 Å². The van der Waals surface area contributed by atoms with E-state index >= 15 is 0 Å².